The van der Waals surface area contributed by atoms with E-state index in [-0.39, 0.29) is 5.41 Å². The molecule has 1 fully saturated rings. The summed E-state index contributed by atoms with van der Waals surface area (Å²) in [6, 6.07) is 22.1. The lowest BCUT2D eigenvalue weighted by Crippen LogP contribution is -2.49. The summed E-state index contributed by atoms with van der Waals surface area (Å²) >= 11 is 0. The van der Waals surface area contributed by atoms with Crippen LogP contribution in [0.15, 0.2) is 60.7 Å². The van der Waals surface area contributed by atoms with Gasteiger partial charge in [0.25, 0.3) is 0 Å². The van der Waals surface area contributed by atoms with Crippen LogP contribution in [0.2, 0.25) is 0 Å². The molecule has 0 aliphatic carbocycles. The Balaban J connectivity index is 2.09. The van der Waals surface area contributed by atoms with Gasteiger partial charge in [0.15, 0.2) is 0 Å². The molecule has 2 nitrogen and oxygen atoms in total. The van der Waals surface area contributed by atoms with E-state index in [9.17, 15) is 0 Å². The van der Waals surface area contributed by atoms with Gasteiger partial charge in [-0.05, 0) is 55.9 Å². The lowest BCUT2D eigenvalue weighted by Gasteiger charge is -2.46. The maximum atomic E-state index is 5.79. The third-order valence-electron chi connectivity index (χ3n) is 5.12. The monoisotopic (exact) mass is 294 g/mol. The highest BCUT2D eigenvalue weighted by atomic mass is 14.9. The van der Waals surface area contributed by atoms with Crippen molar-refractivity contribution in [3.05, 3.63) is 71.8 Å². The maximum absolute atomic E-state index is 5.79. The molecule has 1 aliphatic heterocycles. The summed E-state index contributed by atoms with van der Waals surface area (Å²) in [4.78, 5) is 0. The lowest BCUT2D eigenvalue weighted by molar-refractivity contribution is 0.226. The molecule has 0 saturated carbocycles. The zero-order chi connectivity index (χ0) is 15.3. The van der Waals surface area contributed by atoms with E-state index in [2.05, 4.69) is 66.0 Å². The minimum atomic E-state index is 0.114. The standard InChI is InChI=1S/C20H26N2/c21-14-7-12-19-16-22-15-13-20(19,17-8-3-1-4-9-17)18-10-5-2-6-11-18/h1-6,8-11,19,22H,7,12-16,21H2. The van der Waals surface area contributed by atoms with E-state index in [1.54, 1.807) is 0 Å². The second kappa shape index (κ2) is 7.08. The molecule has 0 bridgehead atoms. The number of hydrogen-bond acceptors (Lipinski definition) is 2. The summed E-state index contributed by atoms with van der Waals surface area (Å²) in [7, 11) is 0. The molecule has 0 aromatic heterocycles. The van der Waals surface area contributed by atoms with Crippen LogP contribution in [0.3, 0.4) is 0 Å². The summed E-state index contributed by atoms with van der Waals surface area (Å²) in [6.07, 6.45) is 3.41. The van der Waals surface area contributed by atoms with Crippen LogP contribution < -0.4 is 11.1 Å². The normalized spacial score (nSPS) is 20.7. The fourth-order valence-corrected chi connectivity index (χ4v) is 4.05. The molecule has 3 N–H and O–H groups in total. The van der Waals surface area contributed by atoms with E-state index < -0.39 is 0 Å². The molecular weight excluding hydrogens is 268 g/mol. The zero-order valence-electron chi connectivity index (χ0n) is 13.2. The van der Waals surface area contributed by atoms with Gasteiger partial charge in [0, 0.05) is 5.41 Å². The van der Waals surface area contributed by atoms with Gasteiger partial charge in [0.2, 0.25) is 0 Å². The van der Waals surface area contributed by atoms with Crippen LogP contribution in [0.25, 0.3) is 0 Å². The molecule has 116 valence electrons. The summed E-state index contributed by atoms with van der Waals surface area (Å²) < 4.78 is 0. The van der Waals surface area contributed by atoms with Gasteiger partial charge in [-0.3, -0.25) is 0 Å². The highest BCUT2D eigenvalue weighted by Gasteiger charge is 2.42. The molecule has 22 heavy (non-hydrogen) atoms. The highest BCUT2D eigenvalue weighted by Crippen LogP contribution is 2.45. The van der Waals surface area contributed by atoms with Crippen molar-refractivity contribution >= 4 is 0 Å². The van der Waals surface area contributed by atoms with Crippen LogP contribution in [-0.4, -0.2) is 19.6 Å². The molecule has 2 aromatic carbocycles. The van der Waals surface area contributed by atoms with Crippen molar-refractivity contribution in [2.75, 3.05) is 19.6 Å². The minimum Gasteiger partial charge on any atom is -0.330 e. The molecule has 1 saturated heterocycles. The van der Waals surface area contributed by atoms with Gasteiger partial charge >= 0.3 is 0 Å². The largest absolute Gasteiger partial charge is 0.330 e. The Kier molecular flexibility index (Phi) is 4.91. The minimum absolute atomic E-state index is 0.114. The smallest absolute Gasteiger partial charge is 0.0255 e. The predicted molar refractivity (Wildman–Crippen MR) is 92.9 cm³/mol. The third-order valence-corrected chi connectivity index (χ3v) is 5.12. The SMILES string of the molecule is NCCCC1CNCCC1(c1ccccc1)c1ccccc1. The summed E-state index contributed by atoms with van der Waals surface area (Å²) in [5.41, 5.74) is 8.80. The molecule has 2 heteroatoms. The van der Waals surface area contributed by atoms with E-state index in [0.29, 0.717) is 5.92 Å². The molecule has 0 amide bonds. The van der Waals surface area contributed by atoms with Crippen molar-refractivity contribution in [3.8, 4) is 0 Å². The number of hydrogen-bond donors (Lipinski definition) is 2. The summed E-state index contributed by atoms with van der Waals surface area (Å²) in [5, 5.41) is 3.60. The Morgan fingerprint density at radius 3 is 2.09 bits per heavy atom. The van der Waals surface area contributed by atoms with Crippen molar-refractivity contribution < 1.29 is 0 Å². The predicted octanol–water partition coefficient (Wildman–Crippen LogP) is 3.32. The Bertz CT molecular complexity index is 525. The van der Waals surface area contributed by atoms with Crippen molar-refractivity contribution in [3.63, 3.8) is 0 Å². The van der Waals surface area contributed by atoms with Gasteiger partial charge in [0.05, 0.1) is 0 Å². The van der Waals surface area contributed by atoms with Gasteiger partial charge < -0.3 is 11.1 Å². The van der Waals surface area contributed by atoms with Crippen molar-refractivity contribution in [2.45, 2.75) is 24.7 Å². The Labute approximate surface area is 133 Å². The van der Waals surface area contributed by atoms with Crippen LogP contribution in [0.5, 0.6) is 0 Å². The summed E-state index contributed by atoms with van der Waals surface area (Å²) in [6.45, 7) is 2.92. The van der Waals surface area contributed by atoms with Gasteiger partial charge in [-0.1, -0.05) is 60.7 Å². The highest BCUT2D eigenvalue weighted by molar-refractivity contribution is 5.41. The Morgan fingerprint density at radius 2 is 1.55 bits per heavy atom. The van der Waals surface area contributed by atoms with Crippen LogP contribution in [0.1, 0.15) is 30.4 Å². The van der Waals surface area contributed by atoms with Gasteiger partial charge in [0.1, 0.15) is 0 Å². The van der Waals surface area contributed by atoms with Crippen LogP contribution in [0, 0.1) is 5.92 Å². The molecular formula is C20H26N2. The Morgan fingerprint density at radius 1 is 0.955 bits per heavy atom. The number of piperidine rings is 1. The Hall–Kier alpha value is -1.64. The molecule has 2 aromatic rings. The first-order chi connectivity index (χ1) is 10.9. The molecule has 1 unspecified atom stereocenters. The molecule has 1 heterocycles. The quantitative estimate of drug-likeness (QED) is 0.888. The molecule has 1 atom stereocenters. The van der Waals surface area contributed by atoms with E-state index in [0.717, 1.165) is 32.5 Å². The van der Waals surface area contributed by atoms with Gasteiger partial charge in [-0.15, -0.1) is 0 Å². The average molecular weight is 294 g/mol. The lowest BCUT2D eigenvalue weighted by atomic mass is 9.61. The topological polar surface area (TPSA) is 38.0 Å². The first-order valence-corrected chi connectivity index (χ1v) is 8.40. The second-order valence-corrected chi connectivity index (χ2v) is 6.29. The maximum Gasteiger partial charge on any atom is 0.0255 e. The fourth-order valence-electron chi connectivity index (χ4n) is 4.05. The number of benzene rings is 2. The third kappa shape index (κ3) is 2.81. The second-order valence-electron chi connectivity index (χ2n) is 6.29. The number of rotatable bonds is 5. The van der Waals surface area contributed by atoms with Crippen LogP contribution in [0.4, 0.5) is 0 Å². The average Bonchev–Trinajstić information content (AvgIpc) is 2.61. The molecule has 0 spiro atoms. The van der Waals surface area contributed by atoms with Crippen LogP contribution in [-0.2, 0) is 5.41 Å². The molecule has 3 rings (SSSR count). The van der Waals surface area contributed by atoms with Crippen molar-refractivity contribution in [1.82, 2.24) is 5.32 Å². The molecule has 0 radical (unpaired) electrons. The first kappa shape index (κ1) is 15.3. The van der Waals surface area contributed by atoms with E-state index >= 15 is 0 Å². The van der Waals surface area contributed by atoms with Crippen molar-refractivity contribution in [2.24, 2.45) is 11.7 Å². The zero-order valence-corrected chi connectivity index (χ0v) is 13.2. The summed E-state index contributed by atoms with van der Waals surface area (Å²) in [5.74, 6) is 0.592. The van der Waals surface area contributed by atoms with Gasteiger partial charge in [-0.25, -0.2) is 0 Å². The van der Waals surface area contributed by atoms with Crippen molar-refractivity contribution in [1.29, 1.82) is 0 Å². The van der Waals surface area contributed by atoms with E-state index in [1.807, 2.05) is 0 Å². The van der Waals surface area contributed by atoms with Crippen LogP contribution >= 0.6 is 0 Å². The first-order valence-electron chi connectivity index (χ1n) is 8.40. The fraction of sp³-hybridized carbons (Fsp3) is 0.400. The number of nitrogens with two attached hydrogens (primary N) is 1. The number of nitrogens with one attached hydrogen (secondary N) is 1. The molecule has 1 aliphatic rings. The van der Waals surface area contributed by atoms with E-state index in [1.165, 1.54) is 17.5 Å². The van der Waals surface area contributed by atoms with E-state index in [4.69, 9.17) is 5.73 Å². The van der Waals surface area contributed by atoms with Gasteiger partial charge in [-0.2, -0.15) is 0 Å².